The van der Waals surface area contributed by atoms with E-state index in [4.69, 9.17) is 16.3 Å². The largest absolute Gasteiger partial charge is 0.422 e. The Bertz CT molecular complexity index is 465. The molecule has 0 bridgehead atoms. The number of halogens is 1. The van der Waals surface area contributed by atoms with Crippen LogP contribution in [0.1, 0.15) is 9.67 Å². The summed E-state index contributed by atoms with van der Waals surface area (Å²) in [5.41, 5.74) is 0. The molecule has 76 valence electrons. The first-order valence-electron chi connectivity index (χ1n) is 4.27. The topological polar surface area (TPSA) is 26.3 Å². The van der Waals surface area contributed by atoms with Gasteiger partial charge in [-0.1, -0.05) is 23.7 Å². The molecular formula is C11H7ClO2S. The molecule has 0 aliphatic heterocycles. The summed E-state index contributed by atoms with van der Waals surface area (Å²) in [4.78, 5) is 12.1. The van der Waals surface area contributed by atoms with Crippen LogP contribution in [0.2, 0.25) is 5.02 Å². The molecule has 2 aromatic rings. The van der Waals surface area contributed by atoms with Crippen molar-refractivity contribution in [1.29, 1.82) is 0 Å². The van der Waals surface area contributed by atoms with Crippen LogP contribution in [0.25, 0.3) is 0 Å². The van der Waals surface area contributed by atoms with Crippen molar-refractivity contribution >= 4 is 28.9 Å². The zero-order chi connectivity index (χ0) is 10.7. The maximum atomic E-state index is 11.5. The van der Waals surface area contributed by atoms with Crippen LogP contribution in [0.5, 0.6) is 5.75 Å². The molecule has 1 aromatic carbocycles. The second kappa shape index (κ2) is 4.47. The number of thiophene rings is 1. The minimum atomic E-state index is -0.354. The number of hydrogen-bond acceptors (Lipinski definition) is 3. The van der Waals surface area contributed by atoms with Crippen LogP contribution in [-0.2, 0) is 0 Å². The first-order valence-corrected chi connectivity index (χ1v) is 5.53. The van der Waals surface area contributed by atoms with Gasteiger partial charge < -0.3 is 4.74 Å². The normalized spacial score (nSPS) is 9.93. The van der Waals surface area contributed by atoms with Gasteiger partial charge in [-0.05, 0) is 29.6 Å². The number of carbonyl (C=O) groups is 1. The lowest BCUT2D eigenvalue weighted by molar-refractivity contribution is 0.0740. The number of carbonyl (C=O) groups excluding carboxylic acids is 1. The van der Waals surface area contributed by atoms with Crippen molar-refractivity contribution in [2.75, 3.05) is 0 Å². The minimum absolute atomic E-state index is 0.354. The molecule has 4 heteroatoms. The molecule has 0 N–H and O–H groups in total. The molecule has 0 atom stereocenters. The van der Waals surface area contributed by atoms with E-state index in [1.54, 1.807) is 36.4 Å². The number of ether oxygens (including phenoxy) is 1. The van der Waals surface area contributed by atoms with Gasteiger partial charge in [-0.15, -0.1) is 11.3 Å². The van der Waals surface area contributed by atoms with Gasteiger partial charge in [0.05, 0.1) is 0 Å². The number of benzene rings is 1. The predicted octanol–water partition coefficient (Wildman–Crippen LogP) is 3.62. The molecule has 0 unspecified atom stereocenters. The summed E-state index contributed by atoms with van der Waals surface area (Å²) in [7, 11) is 0. The fraction of sp³-hybridized carbons (Fsp3) is 0. The Morgan fingerprint density at radius 1 is 1.27 bits per heavy atom. The van der Waals surface area contributed by atoms with Crippen LogP contribution in [0.15, 0.2) is 41.8 Å². The highest BCUT2D eigenvalue weighted by Gasteiger charge is 2.08. The third-order valence-corrected chi connectivity index (χ3v) is 2.81. The first kappa shape index (κ1) is 10.2. The van der Waals surface area contributed by atoms with Crippen molar-refractivity contribution in [3.8, 4) is 5.75 Å². The third-order valence-electron chi connectivity index (χ3n) is 1.73. The van der Waals surface area contributed by atoms with Crippen molar-refractivity contribution in [3.63, 3.8) is 0 Å². The lowest BCUT2D eigenvalue weighted by Crippen LogP contribution is -2.05. The van der Waals surface area contributed by atoms with Crippen LogP contribution in [-0.4, -0.2) is 5.97 Å². The second-order valence-electron chi connectivity index (χ2n) is 2.82. The van der Waals surface area contributed by atoms with Gasteiger partial charge in [-0.3, -0.25) is 0 Å². The van der Waals surface area contributed by atoms with E-state index in [1.165, 1.54) is 11.3 Å². The Kier molecular flexibility index (Phi) is 3.04. The molecular weight excluding hydrogens is 232 g/mol. The monoisotopic (exact) mass is 238 g/mol. The van der Waals surface area contributed by atoms with Gasteiger partial charge in [0.15, 0.2) is 0 Å². The Hall–Kier alpha value is -1.32. The zero-order valence-electron chi connectivity index (χ0n) is 7.64. The lowest BCUT2D eigenvalue weighted by Gasteiger charge is -2.02. The van der Waals surface area contributed by atoms with Crippen molar-refractivity contribution in [2.45, 2.75) is 0 Å². The maximum absolute atomic E-state index is 11.5. The third kappa shape index (κ3) is 2.58. The Morgan fingerprint density at radius 2 is 2.13 bits per heavy atom. The Morgan fingerprint density at radius 3 is 2.80 bits per heavy atom. The summed E-state index contributed by atoms with van der Waals surface area (Å²) in [6, 6.07) is 10.3. The maximum Gasteiger partial charge on any atom is 0.353 e. The van der Waals surface area contributed by atoms with E-state index in [9.17, 15) is 4.79 Å². The van der Waals surface area contributed by atoms with Crippen molar-refractivity contribution in [1.82, 2.24) is 0 Å². The summed E-state index contributed by atoms with van der Waals surface area (Å²) in [5, 5.41) is 2.38. The molecule has 0 spiro atoms. The smallest absolute Gasteiger partial charge is 0.353 e. The molecule has 1 aromatic heterocycles. The van der Waals surface area contributed by atoms with Gasteiger partial charge in [-0.2, -0.15) is 0 Å². The summed E-state index contributed by atoms with van der Waals surface area (Å²) >= 11 is 7.11. The van der Waals surface area contributed by atoms with Crippen molar-refractivity contribution in [2.24, 2.45) is 0 Å². The molecule has 15 heavy (non-hydrogen) atoms. The second-order valence-corrected chi connectivity index (χ2v) is 4.21. The standard InChI is InChI=1S/C11H7ClO2S/c12-8-3-1-4-9(7-8)14-11(13)10-5-2-6-15-10/h1-7H. The number of rotatable bonds is 2. The quantitative estimate of drug-likeness (QED) is 0.590. The predicted molar refractivity (Wildman–Crippen MR) is 60.7 cm³/mol. The van der Waals surface area contributed by atoms with E-state index in [0.29, 0.717) is 15.6 Å². The molecule has 1 heterocycles. The lowest BCUT2D eigenvalue weighted by atomic mass is 10.3. The van der Waals surface area contributed by atoms with Gasteiger partial charge in [0.25, 0.3) is 0 Å². The van der Waals surface area contributed by atoms with E-state index in [2.05, 4.69) is 0 Å². The summed E-state index contributed by atoms with van der Waals surface area (Å²) in [5.74, 6) is 0.105. The van der Waals surface area contributed by atoms with Gasteiger partial charge in [-0.25, -0.2) is 4.79 Å². The van der Waals surface area contributed by atoms with E-state index < -0.39 is 0 Å². The van der Waals surface area contributed by atoms with Crippen LogP contribution in [0.3, 0.4) is 0 Å². The van der Waals surface area contributed by atoms with Crippen LogP contribution >= 0.6 is 22.9 Å². The molecule has 2 rings (SSSR count). The average molecular weight is 239 g/mol. The molecule has 0 amide bonds. The molecule has 0 aliphatic carbocycles. The zero-order valence-corrected chi connectivity index (χ0v) is 9.22. The molecule has 0 aliphatic rings. The van der Waals surface area contributed by atoms with E-state index in [1.807, 2.05) is 5.38 Å². The minimum Gasteiger partial charge on any atom is -0.422 e. The highest BCUT2D eigenvalue weighted by atomic mass is 35.5. The van der Waals surface area contributed by atoms with Crippen molar-refractivity contribution in [3.05, 3.63) is 51.7 Å². The molecule has 0 radical (unpaired) electrons. The van der Waals surface area contributed by atoms with Crippen LogP contribution in [0.4, 0.5) is 0 Å². The first-order chi connectivity index (χ1) is 7.25. The van der Waals surface area contributed by atoms with Crippen molar-refractivity contribution < 1.29 is 9.53 Å². The SMILES string of the molecule is O=C(Oc1cccc(Cl)c1)c1cccs1. The number of esters is 1. The summed E-state index contributed by atoms with van der Waals surface area (Å²) in [6.45, 7) is 0. The fourth-order valence-corrected chi connectivity index (χ4v) is 1.86. The van der Waals surface area contributed by atoms with E-state index in [-0.39, 0.29) is 5.97 Å². The van der Waals surface area contributed by atoms with Gasteiger partial charge in [0.2, 0.25) is 0 Å². The highest BCUT2D eigenvalue weighted by Crippen LogP contribution is 2.19. The van der Waals surface area contributed by atoms with E-state index >= 15 is 0 Å². The Labute approximate surface area is 96.1 Å². The summed E-state index contributed by atoms with van der Waals surface area (Å²) in [6.07, 6.45) is 0. The van der Waals surface area contributed by atoms with Gasteiger partial charge in [0, 0.05) is 5.02 Å². The Balaban J connectivity index is 2.13. The van der Waals surface area contributed by atoms with Crippen LogP contribution < -0.4 is 4.74 Å². The molecule has 0 saturated heterocycles. The molecule has 0 fully saturated rings. The number of hydrogen-bond donors (Lipinski definition) is 0. The van der Waals surface area contributed by atoms with Gasteiger partial charge in [0.1, 0.15) is 10.6 Å². The highest BCUT2D eigenvalue weighted by molar-refractivity contribution is 7.12. The fourth-order valence-electron chi connectivity index (χ4n) is 1.08. The average Bonchev–Trinajstić information content (AvgIpc) is 2.70. The summed E-state index contributed by atoms with van der Waals surface area (Å²) < 4.78 is 5.13. The van der Waals surface area contributed by atoms with E-state index in [0.717, 1.165) is 0 Å². The molecule has 0 saturated carbocycles. The molecule has 2 nitrogen and oxygen atoms in total. The van der Waals surface area contributed by atoms with Crippen LogP contribution in [0, 0.1) is 0 Å². The van der Waals surface area contributed by atoms with Gasteiger partial charge >= 0.3 is 5.97 Å².